The number of phenolic OH excluding ortho intramolecular Hbond substituents is 1. The predicted molar refractivity (Wildman–Crippen MR) is 93.5 cm³/mol. The second-order valence-corrected chi connectivity index (χ2v) is 6.12. The van der Waals surface area contributed by atoms with Crippen LogP contribution in [0.4, 0.5) is 11.4 Å². The molecule has 1 fully saturated rings. The van der Waals surface area contributed by atoms with E-state index >= 15 is 0 Å². The largest absolute Gasteiger partial charge is 0.505 e. The van der Waals surface area contributed by atoms with Crippen molar-refractivity contribution < 1.29 is 14.6 Å². The molecule has 4 N–H and O–H groups in total. The first-order valence-electron chi connectivity index (χ1n) is 7.45. The Kier molecular flexibility index (Phi) is 4.91. The van der Waals surface area contributed by atoms with Gasteiger partial charge < -0.3 is 20.1 Å². The smallest absolute Gasteiger partial charge is 0.287 e. The number of carbonyl (C=O) groups excluding carboxylic acids is 1. The summed E-state index contributed by atoms with van der Waals surface area (Å²) >= 11 is 3.03. The van der Waals surface area contributed by atoms with Crippen LogP contribution < -0.4 is 16.4 Å². The minimum atomic E-state index is -0.587. The van der Waals surface area contributed by atoms with Crippen molar-refractivity contribution in [3.63, 3.8) is 0 Å². The van der Waals surface area contributed by atoms with Gasteiger partial charge >= 0.3 is 0 Å². The summed E-state index contributed by atoms with van der Waals surface area (Å²) in [6.07, 6.45) is 0. The molecule has 1 aromatic heterocycles. The van der Waals surface area contributed by atoms with Crippen molar-refractivity contribution in [2.24, 2.45) is 0 Å². The molecule has 1 amide bonds. The van der Waals surface area contributed by atoms with Crippen molar-refractivity contribution in [2.75, 3.05) is 31.6 Å². The molecule has 0 atom stereocenters. The van der Waals surface area contributed by atoms with Crippen molar-refractivity contribution in [3.8, 4) is 5.75 Å². The molecular weight excluding hydrogens is 396 g/mol. The maximum absolute atomic E-state index is 12.6. The second-order valence-electron chi connectivity index (χ2n) is 5.33. The number of halogens is 1. The number of benzene rings is 1. The number of H-pyrrole nitrogens is 2. The van der Waals surface area contributed by atoms with Crippen molar-refractivity contribution in [3.05, 3.63) is 48.9 Å². The minimum Gasteiger partial charge on any atom is -0.505 e. The second kappa shape index (κ2) is 7.11. The van der Waals surface area contributed by atoms with Crippen molar-refractivity contribution in [1.29, 1.82) is 0 Å². The van der Waals surface area contributed by atoms with Gasteiger partial charge in [-0.25, -0.2) is 0 Å². The number of hydrogen-bond donors (Lipinski definition) is 4. The maximum Gasteiger partial charge on any atom is 0.287 e. The van der Waals surface area contributed by atoms with Crippen LogP contribution in [0.25, 0.3) is 0 Å². The van der Waals surface area contributed by atoms with Crippen LogP contribution in [0.15, 0.2) is 32.3 Å². The molecule has 0 radical (unpaired) electrons. The summed E-state index contributed by atoms with van der Waals surface area (Å²) < 4.78 is 5.20. The number of amides is 1. The number of phenols is 1. The van der Waals surface area contributed by atoms with E-state index in [1.54, 1.807) is 11.0 Å². The standard InChI is InChI=1S/C15H15BrN4O5/c16-10-11(14(23)19-18-13(10)22)17-9-3-1-2-8(12(9)21)15(24)20-4-6-25-7-5-20/h1-3,21H,4-7H2,(H,19,23)(H2,17,18,22). The Hall–Kier alpha value is -2.59. The molecule has 1 aliphatic heterocycles. The fourth-order valence-corrected chi connectivity index (χ4v) is 2.82. The monoisotopic (exact) mass is 410 g/mol. The number of aromatic nitrogens is 2. The number of morpholine rings is 1. The summed E-state index contributed by atoms with van der Waals surface area (Å²) in [4.78, 5) is 37.6. The molecule has 1 aromatic carbocycles. The van der Waals surface area contributed by atoms with Crippen LogP contribution in [0.5, 0.6) is 5.75 Å². The molecule has 132 valence electrons. The van der Waals surface area contributed by atoms with E-state index in [1.165, 1.54) is 12.1 Å². The zero-order valence-corrected chi connectivity index (χ0v) is 14.6. The summed E-state index contributed by atoms with van der Waals surface area (Å²) in [6, 6.07) is 4.57. The number of rotatable bonds is 3. The maximum atomic E-state index is 12.6. The quantitative estimate of drug-likeness (QED) is 0.552. The number of para-hydroxylation sites is 1. The van der Waals surface area contributed by atoms with E-state index in [0.717, 1.165) is 0 Å². The zero-order chi connectivity index (χ0) is 18.0. The molecule has 25 heavy (non-hydrogen) atoms. The lowest BCUT2D eigenvalue weighted by Gasteiger charge is -2.27. The third-order valence-corrected chi connectivity index (χ3v) is 4.52. The SMILES string of the molecule is O=C(c1cccc(Nc2c(Br)c(=O)[nH][nH]c2=O)c1O)N1CCOCC1. The number of nitrogens with one attached hydrogen (secondary N) is 3. The van der Waals surface area contributed by atoms with Crippen molar-refractivity contribution >= 4 is 33.2 Å². The molecule has 0 saturated carbocycles. The van der Waals surface area contributed by atoms with E-state index in [9.17, 15) is 19.5 Å². The topological polar surface area (TPSA) is 128 Å². The zero-order valence-electron chi connectivity index (χ0n) is 13.0. The fraction of sp³-hybridized carbons (Fsp3) is 0.267. The van der Waals surface area contributed by atoms with E-state index in [0.29, 0.717) is 26.3 Å². The number of hydrogen-bond acceptors (Lipinski definition) is 6. The Labute approximate surface area is 149 Å². The number of anilines is 2. The molecule has 0 bridgehead atoms. The number of aromatic hydroxyl groups is 1. The Morgan fingerprint density at radius 2 is 1.88 bits per heavy atom. The molecule has 2 heterocycles. The summed E-state index contributed by atoms with van der Waals surface area (Å²) in [5.41, 5.74) is -0.965. The molecule has 9 nitrogen and oxygen atoms in total. The van der Waals surface area contributed by atoms with Gasteiger partial charge in [0.1, 0.15) is 10.2 Å². The van der Waals surface area contributed by atoms with Gasteiger partial charge in [0.15, 0.2) is 5.75 Å². The number of carbonyl (C=O) groups is 1. The summed E-state index contributed by atoms with van der Waals surface area (Å²) in [5, 5.41) is 17.5. The van der Waals surface area contributed by atoms with Crippen LogP contribution in [-0.4, -0.2) is 52.4 Å². The van der Waals surface area contributed by atoms with Gasteiger partial charge in [0.05, 0.1) is 24.5 Å². The van der Waals surface area contributed by atoms with Crippen LogP contribution in [0, 0.1) is 0 Å². The van der Waals surface area contributed by atoms with Crippen LogP contribution in [0.2, 0.25) is 0 Å². The van der Waals surface area contributed by atoms with Gasteiger partial charge in [-0.05, 0) is 28.1 Å². The van der Waals surface area contributed by atoms with E-state index in [4.69, 9.17) is 4.74 Å². The molecule has 0 aliphatic carbocycles. The molecule has 1 saturated heterocycles. The lowest BCUT2D eigenvalue weighted by atomic mass is 10.1. The lowest BCUT2D eigenvalue weighted by Crippen LogP contribution is -2.40. The third kappa shape index (κ3) is 3.44. The van der Waals surface area contributed by atoms with E-state index in [1.807, 2.05) is 0 Å². The highest BCUT2D eigenvalue weighted by molar-refractivity contribution is 9.10. The Balaban J connectivity index is 1.94. The number of nitrogens with zero attached hydrogens (tertiary/aromatic N) is 1. The van der Waals surface area contributed by atoms with Crippen LogP contribution in [0.3, 0.4) is 0 Å². The van der Waals surface area contributed by atoms with Crippen molar-refractivity contribution in [2.45, 2.75) is 0 Å². The first-order valence-corrected chi connectivity index (χ1v) is 8.25. The summed E-state index contributed by atoms with van der Waals surface area (Å²) in [7, 11) is 0. The molecule has 10 heteroatoms. The Morgan fingerprint density at radius 3 is 2.60 bits per heavy atom. The van der Waals surface area contributed by atoms with E-state index < -0.39 is 11.1 Å². The molecule has 0 spiro atoms. The van der Waals surface area contributed by atoms with Gasteiger partial charge in [-0.2, -0.15) is 0 Å². The molecule has 1 aliphatic rings. The summed E-state index contributed by atoms with van der Waals surface area (Å²) in [5.74, 6) is -0.631. The minimum absolute atomic E-state index is 0.0134. The van der Waals surface area contributed by atoms with Gasteiger partial charge in [0.2, 0.25) is 0 Å². The molecule has 3 rings (SSSR count). The van der Waals surface area contributed by atoms with Crippen LogP contribution in [0.1, 0.15) is 10.4 Å². The van der Waals surface area contributed by atoms with Crippen molar-refractivity contribution in [1.82, 2.24) is 15.1 Å². The number of aromatic amines is 2. The average molecular weight is 411 g/mol. The third-order valence-electron chi connectivity index (χ3n) is 3.76. The highest BCUT2D eigenvalue weighted by atomic mass is 79.9. The average Bonchev–Trinajstić information content (AvgIpc) is 2.63. The fourth-order valence-electron chi connectivity index (χ4n) is 2.44. The van der Waals surface area contributed by atoms with Gasteiger partial charge in [-0.15, -0.1) is 0 Å². The summed E-state index contributed by atoms with van der Waals surface area (Å²) in [6.45, 7) is 1.77. The first kappa shape index (κ1) is 17.2. The predicted octanol–water partition coefficient (Wildman–Crippen LogP) is 0.747. The lowest BCUT2D eigenvalue weighted by molar-refractivity contribution is 0.0301. The molecule has 0 unspecified atom stereocenters. The van der Waals surface area contributed by atoms with Crippen LogP contribution in [-0.2, 0) is 4.74 Å². The van der Waals surface area contributed by atoms with E-state index in [2.05, 4.69) is 31.4 Å². The van der Waals surface area contributed by atoms with Gasteiger partial charge in [0, 0.05) is 13.1 Å². The first-order chi connectivity index (χ1) is 12.0. The molecular formula is C15H15BrN4O5. The molecule has 2 aromatic rings. The number of ether oxygens (including phenoxy) is 1. The Morgan fingerprint density at radius 1 is 1.20 bits per heavy atom. The van der Waals surface area contributed by atoms with Gasteiger partial charge in [0.25, 0.3) is 17.0 Å². The van der Waals surface area contributed by atoms with Crippen LogP contribution >= 0.6 is 15.9 Å². The highest BCUT2D eigenvalue weighted by Gasteiger charge is 2.23. The van der Waals surface area contributed by atoms with E-state index in [-0.39, 0.29) is 33.1 Å². The Bertz CT molecular complexity index is 917. The van der Waals surface area contributed by atoms with Gasteiger partial charge in [-0.1, -0.05) is 6.07 Å². The van der Waals surface area contributed by atoms with Gasteiger partial charge in [-0.3, -0.25) is 24.6 Å². The normalized spacial score (nSPS) is 14.4. The highest BCUT2D eigenvalue weighted by Crippen LogP contribution is 2.31.